The van der Waals surface area contributed by atoms with Gasteiger partial charge >= 0.3 is 0 Å². The van der Waals surface area contributed by atoms with Crippen LogP contribution in [0.25, 0.3) is 10.6 Å². The van der Waals surface area contributed by atoms with Crippen LogP contribution in [0.2, 0.25) is 0 Å². The fourth-order valence-corrected chi connectivity index (χ4v) is 5.99. The number of carbonyl (C=O) groups excluding carboxylic acids is 1. The van der Waals surface area contributed by atoms with Crippen LogP contribution in [0, 0.1) is 0 Å². The van der Waals surface area contributed by atoms with E-state index in [-0.39, 0.29) is 5.91 Å². The van der Waals surface area contributed by atoms with Crippen LogP contribution in [-0.2, 0) is 17.8 Å². The monoisotopic (exact) mass is 411 g/mol. The van der Waals surface area contributed by atoms with Crippen molar-refractivity contribution in [2.45, 2.75) is 70.7 Å². The molecule has 2 fully saturated rings. The van der Waals surface area contributed by atoms with Crippen LogP contribution < -0.4 is 4.74 Å². The fourth-order valence-electron chi connectivity index (χ4n) is 4.86. The Morgan fingerprint density at radius 3 is 2.69 bits per heavy atom. The van der Waals surface area contributed by atoms with E-state index in [9.17, 15) is 4.79 Å². The molecule has 0 N–H and O–H groups in total. The second kappa shape index (κ2) is 7.73. The zero-order chi connectivity index (χ0) is 20.0. The zero-order valence-electron chi connectivity index (χ0n) is 17.3. The standard InChI is InChI=1S/C23H29N3O2S/c1-15-4-3-10-26(15)18-12-20(13-18)28-19-7-5-17(6-8-19)23-24-21-9-11-25(16(2)27)14-22(21)29-23/h5-8,15,18,20H,3-4,9-14H2,1-2H3. The van der Waals surface area contributed by atoms with Crippen molar-refractivity contribution in [3.63, 3.8) is 0 Å². The summed E-state index contributed by atoms with van der Waals surface area (Å²) >= 11 is 1.71. The molecule has 6 heteroatoms. The molecule has 3 aliphatic rings. The Balaban J connectivity index is 1.19. The predicted octanol–water partition coefficient (Wildman–Crippen LogP) is 4.11. The first-order valence-electron chi connectivity index (χ1n) is 10.8. The second-order valence-corrected chi connectivity index (χ2v) is 9.78. The molecule has 1 aromatic heterocycles. The maximum absolute atomic E-state index is 11.6. The molecule has 1 saturated heterocycles. The summed E-state index contributed by atoms with van der Waals surface area (Å²) in [5, 5.41) is 1.04. The predicted molar refractivity (Wildman–Crippen MR) is 115 cm³/mol. The largest absolute Gasteiger partial charge is 0.490 e. The summed E-state index contributed by atoms with van der Waals surface area (Å²) in [7, 11) is 0. The summed E-state index contributed by atoms with van der Waals surface area (Å²) in [5.41, 5.74) is 2.28. The molecular formula is C23H29N3O2S. The lowest BCUT2D eigenvalue weighted by atomic mass is 9.87. The van der Waals surface area contributed by atoms with Gasteiger partial charge in [0.25, 0.3) is 0 Å². The molecule has 1 saturated carbocycles. The van der Waals surface area contributed by atoms with E-state index in [1.54, 1.807) is 18.3 Å². The summed E-state index contributed by atoms with van der Waals surface area (Å²) in [4.78, 5) is 22.3. The molecule has 2 aromatic rings. The van der Waals surface area contributed by atoms with Gasteiger partial charge in [-0.25, -0.2) is 4.98 Å². The van der Waals surface area contributed by atoms with Gasteiger partial charge in [0.1, 0.15) is 16.9 Å². The summed E-state index contributed by atoms with van der Waals surface area (Å²) in [6.45, 7) is 6.73. The minimum absolute atomic E-state index is 0.143. The van der Waals surface area contributed by atoms with E-state index in [1.807, 2.05) is 4.90 Å². The van der Waals surface area contributed by atoms with Gasteiger partial charge in [0.15, 0.2) is 0 Å². The third kappa shape index (κ3) is 3.80. The van der Waals surface area contributed by atoms with Gasteiger partial charge in [-0.2, -0.15) is 0 Å². The first kappa shape index (κ1) is 19.1. The molecule has 0 bridgehead atoms. The molecule has 5 nitrogen and oxygen atoms in total. The maximum Gasteiger partial charge on any atom is 0.219 e. The first-order valence-corrected chi connectivity index (χ1v) is 11.7. The third-order valence-electron chi connectivity index (χ3n) is 6.72. The van der Waals surface area contributed by atoms with E-state index in [0.717, 1.165) is 53.9 Å². The van der Waals surface area contributed by atoms with E-state index >= 15 is 0 Å². The minimum atomic E-state index is 0.143. The van der Waals surface area contributed by atoms with Crippen molar-refractivity contribution in [1.82, 2.24) is 14.8 Å². The minimum Gasteiger partial charge on any atom is -0.490 e. The molecule has 1 amide bonds. The number of nitrogens with zero attached hydrogens (tertiary/aromatic N) is 3. The number of likely N-dealkylation sites (tertiary alicyclic amines) is 1. The summed E-state index contributed by atoms with van der Waals surface area (Å²) in [6, 6.07) is 9.83. The van der Waals surface area contributed by atoms with Gasteiger partial charge in [-0.05, 0) is 50.6 Å². The number of benzene rings is 1. The molecule has 154 valence electrons. The normalized spacial score (nSPS) is 26.8. The van der Waals surface area contributed by atoms with Gasteiger partial charge < -0.3 is 9.64 Å². The van der Waals surface area contributed by atoms with Crippen molar-refractivity contribution in [1.29, 1.82) is 0 Å². The number of rotatable bonds is 4. The topological polar surface area (TPSA) is 45.7 Å². The molecule has 29 heavy (non-hydrogen) atoms. The van der Waals surface area contributed by atoms with Gasteiger partial charge in [0.05, 0.1) is 12.2 Å². The molecule has 3 heterocycles. The van der Waals surface area contributed by atoms with Gasteiger partial charge in [0.2, 0.25) is 5.91 Å². The van der Waals surface area contributed by atoms with Crippen LogP contribution in [-0.4, -0.2) is 52.0 Å². The maximum atomic E-state index is 11.6. The molecule has 0 spiro atoms. The Morgan fingerprint density at radius 2 is 2.00 bits per heavy atom. The lowest BCUT2D eigenvalue weighted by molar-refractivity contribution is -0.129. The molecule has 1 unspecified atom stereocenters. The Morgan fingerprint density at radius 1 is 1.21 bits per heavy atom. The van der Waals surface area contributed by atoms with Crippen LogP contribution in [0.3, 0.4) is 0 Å². The quantitative estimate of drug-likeness (QED) is 0.760. The summed E-state index contributed by atoms with van der Waals surface area (Å²) < 4.78 is 6.20. The smallest absolute Gasteiger partial charge is 0.219 e. The number of amides is 1. The number of fused-ring (bicyclic) bond motifs is 1. The number of aromatic nitrogens is 1. The highest BCUT2D eigenvalue weighted by atomic mass is 32.1. The third-order valence-corrected chi connectivity index (χ3v) is 7.86. The van der Waals surface area contributed by atoms with Crippen molar-refractivity contribution < 1.29 is 9.53 Å². The van der Waals surface area contributed by atoms with Gasteiger partial charge in [0, 0.05) is 55.3 Å². The van der Waals surface area contributed by atoms with Gasteiger partial charge in [-0.15, -0.1) is 11.3 Å². The molecule has 1 aliphatic carbocycles. The number of hydrogen-bond donors (Lipinski definition) is 0. The second-order valence-electron chi connectivity index (χ2n) is 8.70. The van der Waals surface area contributed by atoms with Crippen molar-refractivity contribution in [2.75, 3.05) is 13.1 Å². The zero-order valence-corrected chi connectivity index (χ0v) is 18.1. The number of thiazole rings is 1. The Labute approximate surface area is 176 Å². The lowest BCUT2D eigenvalue weighted by Crippen LogP contribution is -2.50. The number of hydrogen-bond acceptors (Lipinski definition) is 5. The molecule has 2 aliphatic heterocycles. The number of ether oxygens (including phenoxy) is 1. The summed E-state index contributed by atoms with van der Waals surface area (Å²) in [5.74, 6) is 1.10. The Hall–Kier alpha value is -1.92. The number of carbonyl (C=O) groups is 1. The van der Waals surface area contributed by atoms with Crippen LogP contribution >= 0.6 is 11.3 Å². The first-order chi connectivity index (χ1) is 14.1. The van der Waals surface area contributed by atoms with E-state index in [0.29, 0.717) is 18.7 Å². The van der Waals surface area contributed by atoms with E-state index in [1.165, 1.54) is 24.3 Å². The molecule has 1 aromatic carbocycles. The SMILES string of the molecule is CC(=O)N1CCc2nc(-c3ccc(OC4CC(N5CCCC5C)C4)cc3)sc2C1. The Bertz CT molecular complexity index is 888. The van der Waals surface area contributed by atoms with Crippen LogP contribution in [0.5, 0.6) is 5.75 Å². The lowest BCUT2D eigenvalue weighted by Gasteiger charge is -2.42. The molecule has 1 atom stereocenters. The van der Waals surface area contributed by atoms with Gasteiger partial charge in [-0.1, -0.05) is 0 Å². The van der Waals surface area contributed by atoms with E-state index in [4.69, 9.17) is 9.72 Å². The summed E-state index contributed by atoms with van der Waals surface area (Å²) in [6.07, 6.45) is 6.19. The van der Waals surface area contributed by atoms with E-state index in [2.05, 4.69) is 36.1 Å². The van der Waals surface area contributed by atoms with Crippen LogP contribution in [0.15, 0.2) is 24.3 Å². The van der Waals surface area contributed by atoms with Crippen molar-refractivity contribution in [3.8, 4) is 16.3 Å². The average Bonchev–Trinajstić information content (AvgIpc) is 3.30. The molecule has 0 radical (unpaired) electrons. The van der Waals surface area contributed by atoms with Crippen molar-refractivity contribution >= 4 is 17.2 Å². The Kier molecular flexibility index (Phi) is 5.08. The van der Waals surface area contributed by atoms with Crippen molar-refractivity contribution in [2.24, 2.45) is 0 Å². The van der Waals surface area contributed by atoms with E-state index < -0.39 is 0 Å². The highest BCUT2D eigenvalue weighted by Crippen LogP contribution is 2.36. The highest BCUT2D eigenvalue weighted by molar-refractivity contribution is 7.15. The van der Waals surface area contributed by atoms with Crippen LogP contribution in [0.4, 0.5) is 0 Å². The molecular weight excluding hydrogens is 382 g/mol. The van der Waals surface area contributed by atoms with Gasteiger partial charge in [-0.3, -0.25) is 9.69 Å². The van der Waals surface area contributed by atoms with Crippen LogP contribution in [0.1, 0.15) is 50.1 Å². The highest BCUT2D eigenvalue weighted by Gasteiger charge is 2.38. The van der Waals surface area contributed by atoms with Crippen molar-refractivity contribution in [3.05, 3.63) is 34.8 Å². The average molecular weight is 412 g/mol. The fraction of sp³-hybridized carbons (Fsp3) is 0.565. The molecule has 5 rings (SSSR count).